The lowest BCUT2D eigenvalue weighted by molar-refractivity contribution is 0.321. The number of aromatic nitrogens is 2. The summed E-state index contributed by atoms with van der Waals surface area (Å²) in [7, 11) is 4.11. The first-order valence-corrected chi connectivity index (χ1v) is 8.12. The van der Waals surface area contributed by atoms with E-state index in [0.717, 1.165) is 22.5 Å². The van der Waals surface area contributed by atoms with Crippen molar-refractivity contribution in [3.05, 3.63) is 59.8 Å². The number of nitrogens with zero attached hydrogens (tertiary/aromatic N) is 3. The highest BCUT2D eigenvalue weighted by Crippen LogP contribution is 2.31. The molecule has 2 aromatic heterocycles. The summed E-state index contributed by atoms with van der Waals surface area (Å²) in [5.41, 5.74) is 11.0. The normalized spacial score (nSPS) is 12.1. The lowest BCUT2D eigenvalue weighted by Gasteiger charge is -2.20. The summed E-state index contributed by atoms with van der Waals surface area (Å²) in [5.74, 6) is 0.246. The van der Waals surface area contributed by atoms with Crippen LogP contribution in [0.5, 0.6) is 0 Å². The van der Waals surface area contributed by atoms with Crippen LogP contribution in [-0.4, -0.2) is 29.0 Å². The Balaban J connectivity index is 2.08. The van der Waals surface area contributed by atoms with Gasteiger partial charge in [-0.1, -0.05) is 24.3 Å². The van der Waals surface area contributed by atoms with Crippen molar-refractivity contribution < 1.29 is 0 Å². The van der Waals surface area contributed by atoms with Gasteiger partial charge in [-0.3, -0.25) is 0 Å². The van der Waals surface area contributed by atoms with Crippen molar-refractivity contribution in [1.29, 1.82) is 5.26 Å². The molecule has 5 heteroatoms. The fourth-order valence-corrected chi connectivity index (χ4v) is 2.78. The minimum Gasteiger partial charge on any atom is -0.383 e. The van der Waals surface area contributed by atoms with Crippen molar-refractivity contribution in [1.82, 2.24) is 14.9 Å². The molecule has 0 bridgehead atoms. The zero-order valence-corrected chi connectivity index (χ0v) is 14.6. The summed E-state index contributed by atoms with van der Waals surface area (Å²) in [6, 6.07) is 16.5. The second kappa shape index (κ2) is 6.80. The average molecular weight is 331 g/mol. The maximum Gasteiger partial charge on any atom is 0.142 e. The lowest BCUT2D eigenvalue weighted by Crippen LogP contribution is -2.16. The second-order valence-electron chi connectivity index (χ2n) is 6.27. The highest BCUT2D eigenvalue weighted by Gasteiger charge is 2.14. The van der Waals surface area contributed by atoms with Gasteiger partial charge in [-0.05, 0) is 50.3 Å². The minimum absolute atomic E-state index is 0.246. The first-order valence-electron chi connectivity index (χ1n) is 8.12. The molecule has 0 aliphatic rings. The average Bonchev–Trinajstić information content (AvgIpc) is 3.15. The van der Waals surface area contributed by atoms with E-state index in [1.54, 1.807) is 0 Å². The van der Waals surface area contributed by atoms with E-state index in [1.165, 1.54) is 5.56 Å². The van der Waals surface area contributed by atoms with Crippen LogP contribution in [0, 0.1) is 11.3 Å². The summed E-state index contributed by atoms with van der Waals surface area (Å²) < 4.78 is 0. The summed E-state index contributed by atoms with van der Waals surface area (Å²) in [6.07, 6.45) is 1.84. The van der Waals surface area contributed by atoms with E-state index in [-0.39, 0.29) is 5.82 Å². The van der Waals surface area contributed by atoms with Gasteiger partial charge in [0.2, 0.25) is 0 Å². The molecule has 3 aromatic rings. The van der Waals surface area contributed by atoms with Crippen LogP contribution in [0.2, 0.25) is 0 Å². The standard InChI is InChI=1S/C20H21N5/c1-13(25(2)3)14-6-8-15(9-7-14)16-11-19(18-5-4-10-23-18)24-20(22)17(16)12-21/h4-11,13,23H,1-3H3,(H2,22,24)/t13-/m0/s1. The highest BCUT2D eigenvalue weighted by molar-refractivity contribution is 5.79. The van der Waals surface area contributed by atoms with Crippen molar-refractivity contribution in [3.63, 3.8) is 0 Å². The predicted molar refractivity (Wildman–Crippen MR) is 101 cm³/mol. The van der Waals surface area contributed by atoms with Gasteiger partial charge in [-0.2, -0.15) is 5.26 Å². The van der Waals surface area contributed by atoms with Crippen LogP contribution in [0.15, 0.2) is 48.7 Å². The Morgan fingerprint density at radius 2 is 1.92 bits per heavy atom. The number of nitrogen functional groups attached to an aromatic ring is 1. The second-order valence-corrected chi connectivity index (χ2v) is 6.27. The van der Waals surface area contributed by atoms with Gasteiger partial charge in [0, 0.05) is 17.8 Å². The summed E-state index contributed by atoms with van der Waals surface area (Å²) in [4.78, 5) is 9.64. The molecule has 0 amide bonds. The molecule has 0 unspecified atom stereocenters. The van der Waals surface area contributed by atoms with Gasteiger partial charge in [0.05, 0.1) is 11.4 Å². The maximum absolute atomic E-state index is 9.51. The molecule has 0 saturated heterocycles. The van der Waals surface area contributed by atoms with E-state index in [2.05, 4.69) is 54.1 Å². The van der Waals surface area contributed by atoms with Crippen molar-refractivity contribution in [2.75, 3.05) is 19.8 Å². The third-order valence-corrected chi connectivity index (χ3v) is 4.51. The number of nitrogens with two attached hydrogens (primary N) is 1. The Kier molecular flexibility index (Phi) is 4.55. The summed E-state index contributed by atoms with van der Waals surface area (Å²) in [6.45, 7) is 2.16. The molecule has 3 N–H and O–H groups in total. The molecule has 1 atom stereocenters. The summed E-state index contributed by atoms with van der Waals surface area (Å²) >= 11 is 0. The molecule has 3 rings (SSSR count). The van der Waals surface area contributed by atoms with Crippen molar-refractivity contribution in [2.24, 2.45) is 0 Å². The molecule has 0 radical (unpaired) electrons. The highest BCUT2D eigenvalue weighted by atomic mass is 15.1. The van der Waals surface area contributed by atoms with E-state index >= 15 is 0 Å². The van der Waals surface area contributed by atoms with Crippen LogP contribution in [0.4, 0.5) is 5.82 Å². The fourth-order valence-electron chi connectivity index (χ4n) is 2.78. The zero-order valence-electron chi connectivity index (χ0n) is 14.6. The molecular formula is C20H21N5. The van der Waals surface area contributed by atoms with Crippen LogP contribution in [0.1, 0.15) is 24.1 Å². The smallest absolute Gasteiger partial charge is 0.142 e. The number of hydrogen-bond acceptors (Lipinski definition) is 4. The number of anilines is 1. The molecule has 0 fully saturated rings. The van der Waals surface area contributed by atoms with E-state index in [0.29, 0.717) is 11.6 Å². The molecular weight excluding hydrogens is 310 g/mol. The Morgan fingerprint density at radius 3 is 2.48 bits per heavy atom. The van der Waals surface area contributed by atoms with Gasteiger partial charge in [-0.25, -0.2) is 4.98 Å². The Hall–Kier alpha value is -3.10. The monoisotopic (exact) mass is 331 g/mol. The first-order chi connectivity index (χ1) is 12.0. The van der Waals surface area contributed by atoms with Gasteiger partial charge in [0.25, 0.3) is 0 Å². The molecule has 126 valence electrons. The third-order valence-electron chi connectivity index (χ3n) is 4.51. The number of nitriles is 1. The first kappa shape index (κ1) is 16.7. The van der Waals surface area contributed by atoms with E-state index in [4.69, 9.17) is 5.73 Å². The fraction of sp³-hybridized carbons (Fsp3) is 0.200. The molecule has 2 heterocycles. The van der Waals surface area contributed by atoms with Crippen molar-refractivity contribution in [3.8, 4) is 28.6 Å². The molecule has 0 saturated carbocycles. The van der Waals surface area contributed by atoms with Gasteiger partial charge >= 0.3 is 0 Å². The molecule has 5 nitrogen and oxygen atoms in total. The van der Waals surface area contributed by atoms with Crippen LogP contribution in [-0.2, 0) is 0 Å². The SMILES string of the molecule is C[C@@H](c1ccc(-c2cc(-c3ccc[nH]3)nc(N)c2C#N)cc1)N(C)C. The molecule has 25 heavy (non-hydrogen) atoms. The number of H-pyrrole nitrogens is 1. The Bertz CT molecular complexity index is 903. The van der Waals surface area contributed by atoms with Gasteiger partial charge in [0.1, 0.15) is 17.5 Å². The zero-order chi connectivity index (χ0) is 18.0. The van der Waals surface area contributed by atoms with Crippen molar-refractivity contribution in [2.45, 2.75) is 13.0 Å². The summed E-state index contributed by atoms with van der Waals surface area (Å²) in [5, 5.41) is 9.51. The Morgan fingerprint density at radius 1 is 1.20 bits per heavy atom. The predicted octanol–water partition coefficient (Wildman–Crippen LogP) is 3.82. The number of pyridine rings is 1. The number of nitrogens with one attached hydrogen (secondary N) is 1. The lowest BCUT2D eigenvalue weighted by atomic mass is 9.97. The van der Waals surface area contributed by atoms with Crippen LogP contribution in [0.25, 0.3) is 22.5 Å². The number of benzene rings is 1. The van der Waals surface area contributed by atoms with Crippen LogP contribution in [0.3, 0.4) is 0 Å². The molecule has 1 aromatic carbocycles. The Labute approximate surface area is 147 Å². The van der Waals surface area contributed by atoms with E-state index < -0.39 is 0 Å². The minimum atomic E-state index is 0.246. The van der Waals surface area contributed by atoms with E-state index in [9.17, 15) is 5.26 Å². The van der Waals surface area contributed by atoms with Crippen LogP contribution < -0.4 is 5.73 Å². The number of hydrogen-bond donors (Lipinski definition) is 2. The maximum atomic E-state index is 9.51. The topological polar surface area (TPSA) is 81.7 Å². The third kappa shape index (κ3) is 3.25. The van der Waals surface area contributed by atoms with Crippen molar-refractivity contribution >= 4 is 5.82 Å². The molecule has 0 aliphatic heterocycles. The van der Waals surface area contributed by atoms with Gasteiger partial charge in [0.15, 0.2) is 0 Å². The quantitative estimate of drug-likeness (QED) is 0.761. The van der Waals surface area contributed by atoms with E-state index in [1.807, 2.05) is 36.5 Å². The largest absolute Gasteiger partial charge is 0.383 e. The number of aromatic amines is 1. The molecule has 0 aliphatic carbocycles. The van der Waals surface area contributed by atoms with Gasteiger partial charge < -0.3 is 15.6 Å². The van der Waals surface area contributed by atoms with Gasteiger partial charge in [-0.15, -0.1) is 0 Å². The van der Waals surface area contributed by atoms with Crippen LogP contribution >= 0.6 is 0 Å². The number of rotatable bonds is 4. The molecule has 0 spiro atoms.